The van der Waals surface area contributed by atoms with Crippen molar-refractivity contribution in [3.05, 3.63) is 17.5 Å². The van der Waals surface area contributed by atoms with Gasteiger partial charge in [-0.2, -0.15) is 0 Å². The minimum absolute atomic E-state index is 0.236. The molecule has 0 amide bonds. The molecule has 2 N–H and O–H groups in total. The summed E-state index contributed by atoms with van der Waals surface area (Å²) >= 11 is 0. The molecule has 1 aliphatic carbocycles. The highest BCUT2D eigenvalue weighted by Gasteiger charge is 2.51. The van der Waals surface area contributed by atoms with Crippen LogP contribution in [0.25, 0.3) is 0 Å². The normalized spacial score (nSPS) is 30.3. The monoisotopic (exact) mass is 319 g/mol. The second-order valence-corrected chi connectivity index (χ2v) is 7.22. The van der Waals surface area contributed by atoms with E-state index < -0.39 is 5.97 Å². The highest BCUT2D eigenvalue weighted by Crippen LogP contribution is 2.46. The van der Waals surface area contributed by atoms with Gasteiger partial charge in [-0.25, -0.2) is 9.97 Å². The quantitative estimate of drug-likeness (QED) is 0.887. The number of hydrogen-bond acceptors (Lipinski definition) is 5. The first-order valence-corrected chi connectivity index (χ1v) is 8.36. The molecule has 1 aromatic rings. The van der Waals surface area contributed by atoms with Crippen molar-refractivity contribution in [1.29, 1.82) is 0 Å². The van der Waals surface area contributed by atoms with E-state index in [1.807, 2.05) is 13.0 Å². The maximum atomic E-state index is 11.0. The zero-order valence-electron chi connectivity index (χ0n) is 14.0. The molecule has 2 heterocycles. The van der Waals surface area contributed by atoms with Gasteiger partial charge in [0.25, 0.3) is 0 Å². The number of carboxylic acid groups (broad SMARTS) is 1. The van der Waals surface area contributed by atoms with Gasteiger partial charge in [-0.05, 0) is 44.6 Å². The predicted octanol–water partition coefficient (Wildman–Crippen LogP) is 2.73. The van der Waals surface area contributed by atoms with Crippen molar-refractivity contribution in [2.75, 3.05) is 11.9 Å². The summed E-state index contributed by atoms with van der Waals surface area (Å²) in [6.07, 6.45) is 2.96. The molecule has 1 unspecified atom stereocenters. The topological polar surface area (TPSA) is 84.3 Å². The Morgan fingerprint density at radius 3 is 2.78 bits per heavy atom. The summed E-state index contributed by atoms with van der Waals surface area (Å²) in [7, 11) is 0. The summed E-state index contributed by atoms with van der Waals surface area (Å²) in [6, 6.07) is 2.25. The van der Waals surface area contributed by atoms with Crippen molar-refractivity contribution in [2.24, 2.45) is 5.92 Å². The van der Waals surface area contributed by atoms with Gasteiger partial charge < -0.3 is 15.2 Å². The molecule has 0 bridgehead atoms. The van der Waals surface area contributed by atoms with Gasteiger partial charge in [-0.15, -0.1) is 0 Å². The number of ether oxygens (including phenoxy) is 1. The van der Waals surface area contributed by atoms with E-state index in [0.717, 1.165) is 24.2 Å². The van der Waals surface area contributed by atoms with Crippen molar-refractivity contribution >= 4 is 11.9 Å². The van der Waals surface area contributed by atoms with Crippen molar-refractivity contribution in [3.8, 4) is 0 Å². The van der Waals surface area contributed by atoms with Gasteiger partial charge >= 0.3 is 5.97 Å². The van der Waals surface area contributed by atoms with Gasteiger partial charge in [0.1, 0.15) is 0 Å². The molecule has 126 valence electrons. The average Bonchev–Trinajstić information content (AvgIpc) is 2.44. The number of aromatic nitrogens is 2. The number of hydrogen-bond donors (Lipinski definition) is 2. The molecule has 1 saturated carbocycles. The van der Waals surface area contributed by atoms with Crippen LogP contribution in [0.2, 0.25) is 0 Å². The summed E-state index contributed by atoms with van der Waals surface area (Å²) in [5.74, 6) is 0.0699. The molecule has 0 aromatic carbocycles. The van der Waals surface area contributed by atoms with E-state index in [-0.39, 0.29) is 17.6 Å². The van der Waals surface area contributed by atoms with E-state index in [2.05, 4.69) is 29.1 Å². The number of anilines is 1. The van der Waals surface area contributed by atoms with Crippen LogP contribution in [-0.2, 0) is 9.53 Å². The number of aryl methyl sites for hydroxylation is 1. The summed E-state index contributed by atoms with van der Waals surface area (Å²) in [5.41, 5.74) is 1.74. The first-order chi connectivity index (χ1) is 10.9. The summed E-state index contributed by atoms with van der Waals surface area (Å²) in [5, 5.41) is 12.5. The molecule has 1 aliphatic heterocycles. The van der Waals surface area contributed by atoms with Gasteiger partial charge in [0.2, 0.25) is 5.95 Å². The van der Waals surface area contributed by atoms with Crippen LogP contribution in [0.3, 0.4) is 0 Å². The zero-order chi connectivity index (χ0) is 16.6. The van der Waals surface area contributed by atoms with Crippen LogP contribution in [0, 0.1) is 12.8 Å². The fourth-order valence-electron chi connectivity index (χ4n) is 3.58. The number of nitrogens with zero attached hydrogens (tertiary/aromatic N) is 2. The van der Waals surface area contributed by atoms with Crippen LogP contribution in [0.5, 0.6) is 0 Å². The van der Waals surface area contributed by atoms with E-state index in [9.17, 15) is 4.79 Å². The molecule has 23 heavy (non-hydrogen) atoms. The Kier molecular flexibility index (Phi) is 4.27. The number of aliphatic carboxylic acids is 1. The minimum atomic E-state index is -0.710. The molecular formula is C17H25N3O3. The Hall–Kier alpha value is -1.69. The molecule has 1 saturated heterocycles. The Labute approximate surface area is 136 Å². The lowest BCUT2D eigenvalue weighted by atomic mass is 9.66. The molecule has 6 nitrogen and oxygen atoms in total. The second-order valence-electron chi connectivity index (χ2n) is 7.22. The molecule has 1 aromatic heterocycles. The van der Waals surface area contributed by atoms with Crippen LogP contribution in [-0.4, -0.2) is 39.3 Å². The zero-order valence-corrected chi connectivity index (χ0v) is 14.0. The lowest BCUT2D eigenvalue weighted by molar-refractivity contribution is -0.179. The van der Waals surface area contributed by atoms with Crippen LogP contribution in [0.4, 0.5) is 5.95 Å². The highest BCUT2D eigenvalue weighted by atomic mass is 16.5. The predicted molar refractivity (Wildman–Crippen MR) is 86.5 cm³/mol. The highest BCUT2D eigenvalue weighted by molar-refractivity contribution is 5.71. The maximum absolute atomic E-state index is 11.0. The van der Waals surface area contributed by atoms with Crippen molar-refractivity contribution in [1.82, 2.24) is 9.97 Å². The molecule has 2 fully saturated rings. The van der Waals surface area contributed by atoms with E-state index in [0.29, 0.717) is 31.3 Å². The van der Waals surface area contributed by atoms with Crippen molar-refractivity contribution in [2.45, 2.75) is 64.0 Å². The molecular weight excluding hydrogens is 294 g/mol. The molecule has 3 rings (SSSR count). The van der Waals surface area contributed by atoms with Gasteiger partial charge in [0.15, 0.2) is 0 Å². The standard InChI is InChI=1S/C17H25N3O3/c1-10(2)14-6-11(3)18-16(20-14)19-13-4-5-23-17(9-13)7-12(8-17)15(21)22/h6,10,12-13H,4-5,7-9H2,1-3H3,(H,21,22)(H,18,19,20). The van der Waals surface area contributed by atoms with Crippen LogP contribution in [0.15, 0.2) is 6.07 Å². The molecule has 6 heteroatoms. The minimum Gasteiger partial charge on any atom is -0.481 e. The third kappa shape index (κ3) is 3.47. The fraction of sp³-hybridized carbons (Fsp3) is 0.706. The van der Waals surface area contributed by atoms with Gasteiger partial charge in [0.05, 0.1) is 11.5 Å². The van der Waals surface area contributed by atoms with Gasteiger partial charge in [0, 0.05) is 24.0 Å². The Balaban J connectivity index is 1.66. The lowest BCUT2D eigenvalue weighted by Gasteiger charge is -2.50. The number of carboxylic acids is 1. The first kappa shape index (κ1) is 16.2. The van der Waals surface area contributed by atoms with E-state index in [1.165, 1.54) is 0 Å². The average molecular weight is 319 g/mol. The fourth-order valence-corrected chi connectivity index (χ4v) is 3.58. The van der Waals surface area contributed by atoms with E-state index >= 15 is 0 Å². The largest absolute Gasteiger partial charge is 0.481 e. The molecule has 1 atom stereocenters. The van der Waals surface area contributed by atoms with E-state index in [1.54, 1.807) is 0 Å². The molecule has 2 aliphatic rings. The molecule has 0 radical (unpaired) electrons. The van der Waals surface area contributed by atoms with Crippen molar-refractivity contribution < 1.29 is 14.6 Å². The summed E-state index contributed by atoms with van der Waals surface area (Å²) < 4.78 is 5.89. The van der Waals surface area contributed by atoms with E-state index in [4.69, 9.17) is 9.84 Å². The van der Waals surface area contributed by atoms with Crippen LogP contribution in [0.1, 0.15) is 56.8 Å². The van der Waals surface area contributed by atoms with Crippen LogP contribution < -0.4 is 5.32 Å². The third-order valence-corrected chi connectivity index (χ3v) is 4.88. The number of carbonyl (C=O) groups is 1. The molecule has 1 spiro atoms. The SMILES string of the molecule is Cc1cc(C(C)C)nc(NC2CCOC3(C2)CC(C(=O)O)C3)n1. The number of rotatable bonds is 4. The lowest BCUT2D eigenvalue weighted by Crippen LogP contribution is -2.54. The number of nitrogens with one attached hydrogen (secondary N) is 1. The Bertz CT molecular complexity index is 597. The smallest absolute Gasteiger partial charge is 0.306 e. The Morgan fingerprint density at radius 2 is 2.13 bits per heavy atom. The summed E-state index contributed by atoms with van der Waals surface area (Å²) in [4.78, 5) is 20.1. The Morgan fingerprint density at radius 1 is 1.39 bits per heavy atom. The first-order valence-electron chi connectivity index (χ1n) is 8.36. The summed E-state index contributed by atoms with van der Waals surface area (Å²) in [6.45, 7) is 6.88. The second kappa shape index (κ2) is 6.07. The van der Waals surface area contributed by atoms with Crippen molar-refractivity contribution in [3.63, 3.8) is 0 Å². The van der Waals surface area contributed by atoms with Crippen LogP contribution >= 0.6 is 0 Å². The van der Waals surface area contributed by atoms with Gasteiger partial charge in [-0.3, -0.25) is 4.79 Å². The third-order valence-electron chi connectivity index (χ3n) is 4.88. The van der Waals surface area contributed by atoms with Gasteiger partial charge in [-0.1, -0.05) is 13.8 Å². The maximum Gasteiger partial charge on any atom is 0.306 e.